The number of hydrogen-bond acceptors (Lipinski definition) is 6. The van der Waals surface area contributed by atoms with Gasteiger partial charge in [-0.3, -0.25) is 0 Å². The van der Waals surface area contributed by atoms with E-state index in [1.54, 1.807) is 97.1 Å². The Kier molecular flexibility index (Phi) is 8.99. The van der Waals surface area contributed by atoms with Crippen molar-refractivity contribution in [1.82, 2.24) is 0 Å². The molecule has 0 spiro atoms. The molecule has 0 aromatic heterocycles. The summed E-state index contributed by atoms with van der Waals surface area (Å²) in [6.45, 7) is -0.932. The van der Waals surface area contributed by atoms with Crippen molar-refractivity contribution in [3.63, 3.8) is 0 Å². The molecule has 5 N–H and O–H groups in total. The van der Waals surface area contributed by atoms with Gasteiger partial charge >= 0.3 is 0 Å². The van der Waals surface area contributed by atoms with Crippen LogP contribution in [0.4, 0.5) is 0 Å². The molecular formula is C34H38O8S. The zero-order chi connectivity index (χ0) is 30.6. The molecule has 4 aromatic carbocycles. The van der Waals surface area contributed by atoms with Gasteiger partial charge in [0.1, 0.15) is 33.5 Å². The van der Waals surface area contributed by atoms with Crippen molar-refractivity contribution in [3.8, 4) is 0 Å². The second kappa shape index (κ2) is 12.4. The van der Waals surface area contributed by atoms with Gasteiger partial charge in [-0.2, -0.15) is 0 Å². The topological polar surface area (TPSA) is 137 Å². The minimum Gasteiger partial charge on any atom is -0.394 e. The predicted molar refractivity (Wildman–Crippen MR) is 165 cm³/mol. The Morgan fingerprint density at radius 2 is 1.12 bits per heavy atom. The van der Waals surface area contributed by atoms with Crippen molar-refractivity contribution >= 4 is 9.63 Å². The van der Waals surface area contributed by atoms with Crippen LogP contribution in [0.1, 0.15) is 22.3 Å². The van der Waals surface area contributed by atoms with Crippen LogP contribution in [-0.4, -0.2) is 64.1 Å². The van der Waals surface area contributed by atoms with Gasteiger partial charge in [-0.05, 0) is 22.3 Å². The molecule has 0 radical (unpaired) electrons. The summed E-state index contributed by atoms with van der Waals surface area (Å²) in [6.07, 6.45) is -5.70. The lowest BCUT2D eigenvalue weighted by Crippen LogP contribution is -2.82. The Balaban J connectivity index is 1.80. The summed E-state index contributed by atoms with van der Waals surface area (Å²) in [7, 11) is -6.09. The van der Waals surface area contributed by atoms with Gasteiger partial charge < -0.3 is 33.9 Å². The maximum absolute atomic E-state index is 15.2. The predicted octanol–water partition coefficient (Wildman–Crippen LogP) is 4.20. The maximum atomic E-state index is 15.2. The van der Waals surface area contributed by atoms with Crippen LogP contribution in [0.15, 0.2) is 121 Å². The molecule has 43 heavy (non-hydrogen) atoms. The Morgan fingerprint density at radius 3 is 1.60 bits per heavy atom. The summed E-state index contributed by atoms with van der Waals surface area (Å²) in [5.74, 6) is -0.753. The molecule has 0 bridgehead atoms. The van der Waals surface area contributed by atoms with Gasteiger partial charge in [-0.25, -0.2) is 4.21 Å². The lowest BCUT2D eigenvalue weighted by molar-refractivity contribution is -0.311. The normalized spacial score (nSPS) is 26.8. The van der Waals surface area contributed by atoms with E-state index in [1.807, 2.05) is 24.3 Å². The van der Waals surface area contributed by atoms with Crippen molar-refractivity contribution in [2.24, 2.45) is 0 Å². The highest BCUT2D eigenvalue weighted by Gasteiger charge is 2.75. The minimum atomic E-state index is -6.09. The van der Waals surface area contributed by atoms with E-state index in [1.165, 1.54) is 0 Å². The molecule has 1 saturated heterocycles. The first-order valence-corrected chi connectivity index (χ1v) is 16.2. The fourth-order valence-electron chi connectivity index (χ4n) is 6.07. The summed E-state index contributed by atoms with van der Waals surface area (Å²) < 4.78 is 52.8. The van der Waals surface area contributed by atoms with Crippen LogP contribution in [-0.2, 0) is 44.3 Å². The molecule has 0 aliphatic carbocycles. The smallest absolute Gasteiger partial charge is 0.201 e. The zero-order valence-corrected chi connectivity index (χ0v) is 24.5. The third-order valence-corrected chi connectivity index (χ3v) is 11.0. The van der Waals surface area contributed by atoms with E-state index in [2.05, 4.69) is 0 Å². The van der Waals surface area contributed by atoms with Crippen LogP contribution in [0.5, 0.6) is 0 Å². The highest BCUT2D eigenvalue weighted by Crippen LogP contribution is 2.56. The molecule has 0 amide bonds. The van der Waals surface area contributed by atoms with Crippen molar-refractivity contribution in [3.05, 3.63) is 144 Å². The van der Waals surface area contributed by atoms with Crippen LogP contribution in [0.2, 0.25) is 0 Å². The van der Waals surface area contributed by atoms with Gasteiger partial charge in [0.2, 0.25) is 4.93 Å². The first-order valence-electron chi connectivity index (χ1n) is 14.2. The molecular weight excluding hydrogens is 568 g/mol. The van der Waals surface area contributed by atoms with Crippen LogP contribution in [0.3, 0.4) is 0 Å². The fourth-order valence-corrected chi connectivity index (χ4v) is 8.82. The molecule has 9 heteroatoms. The average Bonchev–Trinajstić information content (AvgIpc) is 3.01. The van der Waals surface area contributed by atoms with Gasteiger partial charge in [0.15, 0.2) is 0 Å². The van der Waals surface area contributed by atoms with E-state index >= 15 is 4.21 Å². The Labute approximate surface area is 251 Å². The summed E-state index contributed by atoms with van der Waals surface area (Å²) in [6, 6.07) is 35.0. The Bertz CT molecular complexity index is 1530. The largest absolute Gasteiger partial charge is 0.394 e. The van der Waals surface area contributed by atoms with E-state index in [0.717, 1.165) is 0 Å². The number of benzene rings is 4. The summed E-state index contributed by atoms with van der Waals surface area (Å²) in [4.78, 5) is -2.59. The quantitative estimate of drug-likeness (QED) is 0.171. The summed E-state index contributed by atoms with van der Waals surface area (Å²) in [5.41, 5.74) is -0.0467. The third kappa shape index (κ3) is 6.08. The summed E-state index contributed by atoms with van der Waals surface area (Å²) >= 11 is 0. The lowest BCUT2D eigenvalue weighted by Gasteiger charge is -2.63. The lowest BCUT2D eigenvalue weighted by atomic mass is 9.75. The van der Waals surface area contributed by atoms with E-state index in [0.29, 0.717) is 22.3 Å². The van der Waals surface area contributed by atoms with Crippen molar-refractivity contribution in [2.75, 3.05) is 6.61 Å². The van der Waals surface area contributed by atoms with E-state index in [-0.39, 0.29) is 19.4 Å². The zero-order valence-electron chi connectivity index (χ0n) is 23.7. The first-order chi connectivity index (χ1) is 20.6. The van der Waals surface area contributed by atoms with Crippen LogP contribution in [0.25, 0.3) is 0 Å². The first kappa shape index (κ1) is 31.2. The maximum Gasteiger partial charge on any atom is 0.201 e. The van der Waals surface area contributed by atoms with Crippen LogP contribution < -0.4 is 0 Å². The molecule has 1 aliphatic rings. The molecule has 5 atom stereocenters. The highest BCUT2D eigenvalue weighted by molar-refractivity contribution is 8.10. The Hall–Kier alpha value is -3.25. The number of aliphatic hydroxyl groups excluding tert-OH is 3. The standard InChI is InChI=1S/C34H38O8S/c35-23-30-31(36)32(37)33(21-26-13-5-1-6-14-26,41-24-28-17-9-3-10-18-28)34(42-30,22-27-15-7-2-8-16-27)43(38,39,40)25-29-19-11-4-12-20-29/h1-20,30-32,35-37H,21-25H2,(H2,38,39,40)/t30-,31-,32+,33-,34?/m1/s1. The van der Waals surface area contributed by atoms with Crippen molar-refractivity contribution < 1.29 is 38.1 Å². The van der Waals surface area contributed by atoms with Crippen molar-refractivity contribution in [1.29, 1.82) is 0 Å². The molecule has 1 aliphatic heterocycles. The van der Waals surface area contributed by atoms with Gasteiger partial charge in [0, 0.05) is 12.8 Å². The van der Waals surface area contributed by atoms with Gasteiger partial charge in [-0.15, -0.1) is 0 Å². The molecule has 1 fully saturated rings. The molecule has 228 valence electrons. The van der Waals surface area contributed by atoms with E-state index in [4.69, 9.17) is 9.47 Å². The number of ether oxygens (including phenoxy) is 2. The number of hydrogen-bond donors (Lipinski definition) is 5. The second-order valence-electron chi connectivity index (χ2n) is 11.2. The molecule has 4 aromatic rings. The Morgan fingerprint density at radius 1 is 0.674 bits per heavy atom. The minimum absolute atomic E-state index is 0.143. The molecule has 1 heterocycles. The van der Waals surface area contributed by atoms with E-state index < -0.39 is 50.8 Å². The highest BCUT2D eigenvalue weighted by atomic mass is 32.3. The van der Waals surface area contributed by atoms with Gasteiger partial charge in [0.05, 0.1) is 19.0 Å². The molecule has 1 unspecified atom stereocenters. The SMILES string of the molecule is O=S(O)(O)(Cc1ccccc1)C1(Cc2ccccc2)O[C@H](CO)[C@@H](O)[C@H](O)[C@@]1(Cc1ccccc1)OCc1ccccc1. The number of aliphatic hydroxyl groups is 3. The van der Waals surface area contributed by atoms with Gasteiger partial charge in [0.25, 0.3) is 0 Å². The van der Waals surface area contributed by atoms with Gasteiger partial charge in [-0.1, -0.05) is 121 Å². The average molecular weight is 607 g/mol. The molecule has 5 rings (SSSR count). The fraction of sp³-hybridized carbons (Fsp3) is 0.294. The van der Waals surface area contributed by atoms with Crippen molar-refractivity contribution in [2.45, 2.75) is 54.0 Å². The molecule has 0 saturated carbocycles. The second-order valence-corrected chi connectivity index (χ2v) is 14.1. The molecule has 8 nitrogen and oxygen atoms in total. The number of rotatable bonds is 11. The van der Waals surface area contributed by atoms with E-state index in [9.17, 15) is 24.4 Å². The third-order valence-electron chi connectivity index (χ3n) is 8.21. The summed E-state index contributed by atoms with van der Waals surface area (Å²) in [5, 5.41) is 33.7. The van der Waals surface area contributed by atoms with Crippen LogP contribution >= 0.6 is 0 Å². The van der Waals surface area contributed by atoms with Crippen LogP contribution in [0, 0.1) is 0 Å². The monoisotopic (exact) mass is 606 g/mol.